The molecule has 5 heteroatoms. The molecule has 2 heterocycles. The maximum Gasteiger partial charge on any atom is 0.292 e. The highest BCUT2D eigenvalue weighted by atomic mass is 19.1. The Bertz CT molecular complexity index is 651. The average molecular weight is 302 g/mol. The first kappa shape index (κ1) is 14.8. The number of benzene rings is 1. The minimum Gasteiger partial charge on any atom is -0.350 e. The Labute approximate surface area is 128 Å². The van der Waals surface area contributed by atoms with Crippen LogP contribution >= 0.6 is 0 Å². The van der Waals surface area contributed by atoms with Crippen molar-refractivity contribution in [3.05, 3.63) is 41.9 Å². The lowest BCUT2D eigenvalue weighted by atomic mass is 9.99. The number of likely N-dealkylation sites (tertiary alicyclic amines) is 1. The molecule has 1 aromatic heterocycles. The van der Waals surface area contributed by atoms with E-state index in [2.05, 4.69) is 12.1 Å². The molecular formula is C17H19FN2O2. The molecule has 22 heavy (non-hydrogen) atoms. The van der Waals surface area contributed by atoms with Gasteiger partial charge >= 0.3 is 0 Å². The topological polar surface area (TPSA) is 46.3 Å². The fraction of sp³-hybridized carbons (Fsp3) is 0.412. The van der Waals surface area contributed by atoms with Gasteiger partial charge in [0.05, 0.1) is 0 Å². The van der Waals surface area contributed by atoms with Crippen molar-refractivity contribution in [1.29, 1.82) is 0 Å². The molecule has 0 bridgehead atoms. The predicted octanol–water partition coefficient (Wildman–Crippen LogP) is 3.89. The number of piperidine rings is 1. The fourth-order valence-corrected chi connectivity index (χ4v) is 2.97. The van der Waals surface area contributed by atoms with E-state index in [0.717, 1.165) is 31.4 Å². The molecule has 4 nitrogen and oxygen atoms in total. The quantitative estimate of drug-likeness (QED) is 0.864. The molecule has 1 saturated heterocycles. The van der Waals surface area contributed by atoms with E-state index in [-0.39, 0.29) is 23.5 Å². The van der Waals surface area contributed by atoms with Crippen LogP contribution in [0.5, 0.6) is 0 Å². The van der Waals surface area contributed by atoms with Crippen molar-refractivity contribution in [3.63, 3.8) is 0 Å². The van der Waals surface area contributed by atoms with E-state index in [9.17, 15) is 9.18 Å². The van der Waals surface area contributed by atoms with E-state index in [1.165, 1.54) is 18.6 Å². The van der Waals surface area contributed by atoms with Gasteiger partial charge in [0, 0.05) is 24.2 Å². The van der Waals surface area contributed by atoms with Crippen molar-refractivity contribution in [2.75, 3.05) is 6.54 Å². The third-order valence-electron chi connectivity index (χ3n) is 4.22. The standard InChI is InChI=1S/C17H19FN2O2/c1-2-14-5-3-4-10-20(14)17(21)16-11-15(19-22-16)12-6-8-13(18)9-7-12/h6-9,11,14H,2-5,10H2,1H3. The Hall–Kier alpha value is -2.17. The van der Waals surface area contributed by atoms with Crippen molar-refractivity contribution in [3.8, 4) is 11.3 Å². The van der Waals surface area contributed by atoms with E-state index in [4.69, 9.17) is 4.52 Å². The minimum atomic E-state index is -0.303. The SMILES string of the molecule is CCC1CCCCN1C(=O)c1cc(-c2ccc(F)cc2)no1. The largest absolute Gasteiger partial charge is 0.350 e. The Morgan fingerprint density at radius 3 is 2.86 bits per heavy atom. The Morgan fingerprint density at radius 1 is 1.36 bits per heavy atom. The monoisotopic (exact) mass is 302 g/mol. The zero-order valence-corrected chi connectivity index (χ0v) is 12.6. The molecule has 3 rings (SSSR count). The number of hydrogen-bond donors (Lipinski definition) is 0. The highest BCUT2D eigenvalue weighted by Gasteiger charge is 2.28. The van der Waals surface area contributed by atoms with Gasteiger partial charge in [-0.3, -0.25) is 4.79 Å². The van der Waals surface area contributed by atoms with Crippen LogP contribution in [0.4, 0.5) is 4.39 Å². The lowest BCUT2D eigenvalue weighted by Gasteiger charge is -2.34. The van der Waals surface area contributed by atoms with Gasteiger partial charge < -0.3 is 9.42 Å². The molecule has 1 fully saturated rings. The first-order valence-corrected chi connectivity index (χ1v) is 7.72. The molecule has 1 atom stereocenters. The van der Waals surface area contributed by atoms with Crippen LogP contribution < -0.4 is 0 Å². The smallest absolute Gasteiger partial charge is 0.292 e. The number of aromatic nitrogens is 1. The maximum atomic E-state index is 13.0. The number of halogens is 1. The normalized spacial score (nSPS) is 18.5. The molecule has 0 spiro atoms. The summed E-state index contributed by atoms with van der Waals surface area (Å²) < 4.78 is 18.2. The van der Waals surface area contributed by atoms with Crippen LogP contribution in [-0.4, -0.2) is 28.6 Å². The third kappa shape index (κ3) is 2.89. The summed E-state index contributed by atoms with van der Waals surface area (Å²) >= 11 is 0. The van der Waals surface area contributed by atoms with Gasteiger partial charge in [0.15, 0.2) is 0 Å². The number of carbonyl (C=O) groups is 1. The molecule has 1 unspecified atom stereocenters. The molecular weight excluding hydrogens is 283 g/mol. The zero-order chi connectivity index (χ0) is 15.5. The molecule has 0 radical (unpaired) electrons. The van der Waals surface area contributed by atoms with Crippen LogP contribution in [-0.2, 0) is 0 Å². The summed E-state index contributed by atoms with van der Waals surface area (Å²) in [5, 5.41) is 3.94. The minimum absolute atomic E-state index is 0.104. The molecule has 1 aliphatic rings. The van der Waals surface area contributed by atoms with E-state index in [1.54, 1.807) is 18.2 Å². The molecule has 1 aromatic carbocycles. The van der Waals surface area contributed by atoms with Gasteiger partial charge in [0.25, 0.3) is 5.91 Å². The summed E-state index contributed by atoms with van der Waals surface area (Å²) in [6.07, 6.45) is 4.19. The van der Waals surface area contributed by atoms with Crippen molar-refractivity contribution in [2.45, 2.75) is 38.6 Å². The molecule has 0 saturated carbocycles. The zero-order valence-electron chi connectivity index (χ0n) is 12.6. The highest BCUT2D eigenvalue weighted by molar-refractivity contribution is 5.92. The van der Waals surface area contributed by atoms with Crippen molar-refractivity contribution < 1.29 is 13.7 Å². The summed E-state index contributed by atoms with van der Waals surface area (Å²) in [6.45, 7) is 2.87. The average Bonchev–Trinajstić information content (AvgIpc) is 3.05. The number of nitrogens with zero attached hydrogens (tertiary/aromatic N) is 2. The van der Waals surface area contributed by atoms with Gasteiger partial charge in [-0.05, 0) is 49.9 Å². The lowest BCUT2D eigenvalue weighted by Crippen LogP contribution is -2.43. The van der Waals surface area contributed by atoms with Crippen LogP contribution in [0.1, 0.15) is 43.2 Å². The van der Waals surface area contributed by atoms with E-state index in [0.29, 0.717) is 5.69 Å². The second kappa shape index (κ2) is 6.30. The molecule has 1 aliphatic heterocycles. The molecule has 2 aromatic rings. The molecule has 1 amide bonds. The summed E-state index contributed by atoms with van der Waals surface area (Å²) in [5.74, 6) is -0.158. The van der Waals surface area contributed by atoms with Gasteiger partial charge in [-0.1, -0.05) is 12.1 Å². The first-order valence-electron chi connectivity index (χ1n) is 7.72. The molecule has 0 N–H and O–H groups in total. The van der Waals surface area contributed by atoms with Crippen LogP contribution in [0.25, 0.3) is 11.3 Å². The second-order valence-electron chi connectivity index (χ2n) is 5.64. The Kier molecular flexibility index (Phi) is 4.22. The van der Waals surface area contributed by atoms with Crippen LogP contribution in [0.3, 0.4) is 0 Å². The van der Waals surface area contributed by atoms with Gasteiger partial charge in [-0.15, -0.1) is 0 Å². The summed E-state index contributed by atoms with van der Waals surface area (Å²) in [6, 6.07) is 7.89. The Morgan fingerprint density at radius 2 is 2.14 bits per heavy atom. The van der Waals surface area contributed by atoms with Crippen LogP contribution in [0.15, 0.2) is 34.9 Å². The van der Waals surface area contributed by atoms with Gasteiger partial charge in [0.1, 0.15) is 11.5 Å². The third-order valence-corrected chi connectivity index (χ3v) is 4.22. The van der Waals surface area contributed by atoms with Gasteiger partial charge in [-0.2, -0.15) is 0 Å². The van der Waals surface area contributed by atoms with E-state index < -0.39 is 0 Å². The number of rotatable bonds is 3. The van der Waals surface area contributed by atoms with Crippen LogP contribution in [0.2, 0.25) is 0 Å². The van der Waals surface area contributed by atoms with Gasteiger partial charge in [-0.25, -0.2) is 4.39 Å². The van der Waals surface area contributed by atoms with Crippen molar-refractivity contribution in [1.82, 2.24) is 10.1 Å². The maximum absolute atomic E-state index is 13.0. The van der Waals surface area contributed by atoms with Gasteiger partial charge in [0.2, 0.25) is 5.76 Å². The lowest BCUT2D eigenvalue weighted by molar-refractivity contribution is 0.0566. The number of hydrogen-bond acceptors (Lipinski definition) is 3. The number of amides is 1. The van der Waals surface area contributed by atoms with Crippen molar-refractivity contribution >= 4 is 5.91 Å². The van der Waals surface area contributed by atoms with Crippen molar-refractivity contribution in [2.24, 2.45) is 0 Å². The summed E-state index contributed by atoms with van der Waals surface area (Å²) in [5.41, 5.74) is 1.28. The summed E-state index contributed by atoms with van der Waals surface area (Å²) in [7, 11) is 0. The highest BCUT2D eigenvalue weighted by Crippen LogP contribution is 2.24. The first-order chi connectivity index (χ1) is 10.7. The fourth-order valence-electron chi connectivity index (χ4n) is 2.97. The second-order valence-corrected chi connectivity index (χ2v) is 5.64. The predicted molar refractivity (Wildman–Crippen MR) is 80.9 cm³/mol. The van der Waals surface area contributed by atoms with Crippen LogP contribution in [0, 0.1) is 5.82 Å². The summed E-state index contributed by atoms with van der Waals surface area (Å²) in [4.78, 5) is 14.5. The van der Waals surface area contributed by atoms with E-state index in [1.807, 2.05) is 4.90 Å². The molecule has 116 valence electrons. The van der Waals surface area contributed by atoms with E-state index >= 15 is 0 Å². The Balaban J connectivity index is 1.80. The molecule has 0 aliphatic carbocycles. The number of carbonyl (C=O) groups excluding carboxylic acids is 1.